The van der Waals surface area contributed by atoms with Gasteiger partial charge in [-0.15, -0.1) is 0 Å². The zero-order valence-electron chi connectivity index (χ0n) is 21.3. The lowest BCUT2D eigenvalue weighted by Crippen LogP contribution is -2.21. The largest absolute Gasteiger partial charge is 0.490 e. The molecule has 0 radical (unpaired) electrons. The number of hydrogen-bond acceptors (Lipinski definition) is 5. The molecule has 0 saturated heterocycles. The summed E-state index contributed by atoms with van der Waals surface area (Å²) < 4.78 is 63.1. The minimum absolute atomic E-state index is 0.0231. The van der Waals surface area contributed by atoms with Crippen molar-refractivity contribution in [1.29, 1.82) is 5.41 Å². The van der Waals surface area contributed by atoms with Crippen molar-refractivity contribution in [3.05, 3.63) is 101 Å². The van der Waals surface area contributed by atoms with Crippen LogP contribution in [0.2, 0.25) is 0 Å². The molecule has 0 fully saturated rings. The van der Waals surface area contributed by atoms with E-state index in [1.54, 1.807) is 11.7 Å². The van der Waals surface area contributed by atoms with E-state index in [1.807, 2.05) is 61.5 Å². The molecule has 210 valence electrons. The normalized spacial score (nSPS) is 11.8. The third kappa shape index (κ3) is 7.18. The zero-order valence-corrected chi connectivity index (χ0v) is 21.3. The number of carbonyl (C=O) groups is 1. The molecule has 4 aromatic rings. The van der Waals surface area contributed by atoms with Gasteiger partial charge in [0, 0.05) is 18.2 Å². The van der Waals surface area contributed by atoms with E-state index in [0.29, 0.717) is 11.6 Å². The molecule has 1 heterocycles. The maximum Gasteiger partial charge on any atom is 0.490 e. The van der Waals surface area contributed by atoms with Crippen LogP contribution in [0.1, 0.15) is 35.5 Å². The number of aliphatic carboxylic acids is 1. The van der Waals surface area contributed by atoms with Gasteiger partial charge in [0.1, 0.15) is 29.2 Å². The Morgan fingerprint density at radius 3 is 2.20 bits per heavy atom. The van der Waals surface area contributed by atoms with Crippen LogP contribution in [0.15, 0.2) is 66.7 Å². The Morgan fingerprint density at radius 1 is 1.07 bits per heavy atom. The fraction of sp³-hybridized carbons (Fsp3) is 0.185. The van der Waals surface area contributed by atoms with Crippen LogP contribution in [0.25, 0.3) is 11.4 Å². The average Bonchev–Trinajstić information content (AvgIpc) is 3.29. The molecule has 5 N–H and O–H groups in total. The number of nitrogens with two attached hydrogens (primary N) is 1. The van der Waals surface area contributed by atoms with Crippen LogP contribution in [0.4, 0.5) is 27.6 Å². The van der Waals surface area contributed by atoms with E-state index in [1.165, 1.54) is 0 Å². The van der Waals surface area contributed by atoms with Gasteiger partial charge < -0.3 is 16.2 Å². The summed E-state index contributed by atoms with van der Waals surface area (Å²) in [7, 11) is 1.75. The van der Waals surface area contributed by atoms with Gasteiger partial charge in [-0.3, -0.25) is 10.1 Å². The number of aryl methyl sites for hydroxylation is 2. The lowest BCUT2D eigenvalue weighted by atomic mass is 10.0. The zero-order chi connectivity index (χ0) is 29.6. The third-order valence-electron chi connectivity index (χ3n) is 5.66. The van der Waals surface area contributed by atoms with E-state index < -0.39 is 35.7 Å². The number of nitrogen functional groups attached to an aromatic ring is 1. The molecule has 0 bridgehead atoms. The Morgan fingerprint density at radius 2 is 1.68 bits per heavy atom. The van der Waals surface area contributed by atoms with Gasteiger partial charge in [0.15, 0.2) is 11.6 Å². The first-order valence-electron chi connectivity index (χ1n) is 11.8. The highest BCUT2D eigenvalue weighted by atomic mass is 19.4. The van der Waals surface area contributed by atoms with Crippen molar-refractivity contribution in [1.82, 2.24) is 14.8 Å². The highest BCUT2D eigenvalue weighted by Crippen LogP contribution is 2.31. The Bertz CT molecular complexity index is 1480. The van der Waals surface area contributed by atoms with E-state index in [0.717, 1.165) is 35.2 Å². The summed E-state index contributed by atoms with van der Waals surface area (Å²) in [5, 5.41) is 22.1. The SMILES string of the molecule is CCc1cccc(C(Nc2c(F)cc(C(=N)N)cc2F)c2nc(-c3ccccc3)nn2C)c1.O=C(O)C(F)(F)F. The van der Waals surface area contributed by atoms with Crippen LogP contribution < -0.4 is 11.1 Å². The number of nitrogens with one attached hydrogen (secondary N) is 2. The predicted octanol–water partition coefficient (Wildman–Crippen LogP) is 5.44. The Labute approximate surface area is 225 Å². The molecule has 8 nitrogen and oxygen atoms in total. The van der Waals surface area contributed by atoms with Gasteiger partial charge in [0.05, 0.1) is 0 Å². The number of benzene rings is 3. The molecule has 3 aromatic carbocycles. The summed E-state index contributed by atoms with van der Waals surface area (Å²) in [5.74, 6) is -3.85. The van der Waals surface area contributed by atoms with Crippen molar-refractivity contribution in [3.63, 3.8) is 0 Å². The van der Waals surface area contributed by atoms with Gasteiger partial charge >= 0.3 is 12.1 Å². The molecule has 1 unspecified atom stereocenters. The third-order valence-corrected chi connectivity index (χ3v) is 5.66. The van der Waals surface area contributed by atoms with Gasteiger partial charge in [0.25, 0.3) is 0 Å². The second-order valence-corrected chi connectivity index (χ2v) is 8.49. The molecular weight excluding hydrogens is 535 g/mol. The Kier molecular flexibility index (Phi) is 9.19. The van der Waals surface area contributed by atoms with Gasteiger partial charge in [-0.05, 0) is 29.7 Å². The molecule has 0 amide bonds. The number of halogens is 5. The lowest BCUT2D eigenvalue weighted by Gasteiger charge is -2.21. The summed E-state index contributed by atoms with van der Waals surface area (Å²) in [5.41, 5.74) is 7.77. The maximum absolute atomic E-state index is 14.9. The number of aromatic nitrogens is 3. The number of carboxylic acid groups (broad SMARTS) is 1. The molecule has 0 aliphatic heterocycles. The number of rotatable bonds is 7. The molecule has 0 aliphatic rings. The molecule has 1 aromatic heterocycles. The average molecular weight is 561 g/mol. The number of anilines is 1. The molecular formula is C27H25F5N6O2. The van der Waals surface area contributed by atoms with Crippen molar-refractivity contribution in [2.75, 3.05) is 5.32 Å². The van der Waals surface area contributed by atoms with E-state index >= 15 is 0 Å². The van der Waals surface area contributed by atoms with Gasteiger partial charge in [-0.25, -0.2) is 18.6 Å². The van der Waals surface area contributed by atoms with Crippen molar-refractivity contribution < 1.29 is 31.9 Å². The molecule has 0 spiro atoms. The van der Waals surface area contributed by atoms with Crippen molar-refractivity contribution >= 4 is 17.5 Å². The van der Waals surface area contributed by atoms with E-state index in [9.17, 15) is 22.0 Å². The molecule has 4 rings (SSSR count). The number of nitrogens with zero attached hydrogens (tertiary/aromatic N) is 3. The fourth-order valence-corrected chi connectivity index (χ4v) is 3.66. The predicted molar refractivity (Wildman–Crippen MR) is 139 cm³/mol. The van der Waals surface area contributed by atoms with E-state index in [2.05, 4.69) is 10.4 Å². The van der Waals surface area contributed by atoms with Crippen molar-refractivity contribution in [3.8, 4) is 11.4 Å². The van der Waals surface area contributed by atoms with Crippen molar-refractivity contribution in [2.45, 2.75) is 25.6 Å². The number of hydrogen-bond donors (Lipinski definition) is 4. The maximum atomic E-state index is 14.9. The highest BCUT2D eigenvalue weighted by molar-refractivity contribution is 5.95. The first kappa shape index (κ1) is 29.7. The number of alkyl halides is 3. The summed E-state index contributed by atoms with van der Waals surface area (Å²) >= 11 is 0. The lowest BCUT2D eigenvalue weighted by molar-refractivity contribution is -0.192. The fourth-order valence-electron chi connectivity index (χ4n) is 3.66. The topological polar surface area (TPSA) is 130 Å². The number of amidine groups is 1. The van der Waals surface area contributed by atoms with Crippen LogP contribution in [0.3, 0.4) is 0 Å². The smallest absolute Gasteiger partial charge is 0.475 e. The first-order chi connectivity index (χ1) is 18.8. The summed E-state index contributed by atoms with van der Waals surface area (Å²) in [6, 6.07) is 18.7. The van der Waals surface area contributed by atoms with E-state index in [-0.39, 0.29) is 11.3 Å². The molecule has 40 heavy (non-hydrogen) atoms. The first-order valence-corrected chi connectivity index (χ1v) is 11.8. The molecule has 0 aliphatic carbocycles. The minimum Gasteiger partial charge on any atom is -0.475 e. The van der Waals surface area contributed by atoms with Crippen LogP contribution in [-0.2, 0) is 18.3 Å². The standard InChI is InChI=1S/C25H24F2N6.C2HF3O2/c1-3-15-8-7-11-17(12-15)21(30-22-19(26)13-18(23(28)29)14-20(22)27)25-31-24(32-33(25)2)16-9-5-4-6-10-16;3-2(4,5)1(6)7/h4-14,21,30H,3H2,1-2H3,(H3,28,29);(H,6,7). The summed E-state index contributed by atoms with van der Waals surface area (Å²) in [6.45, 7) is 2.04. The minimum atomic E-state index is -5.08. The molecule has 0 saturated carbocycles. The molecule has 1 atom stereocenters. The van der Waals surface area contributed by atoms with Crippen LogP contribution in [-0.4, -0.2) is 37.9 Å². The Hall–Kier alpha value is -4.81. The highest BCUT2D eigenvalue weighted by Gasteiger charge is 2.38. The van der Waals surface area contributed by atoms with Crippen LogP contribution in [0.5, 0.6) is 0 Å². The monoisotopic (exact) mass is 560 g/mol. The van der Waals surface area contributed by atoms with Crippen molar-refractivity contribution in [2.24, 2.45) is 12.8 Å². The van der Waals surface area contributed by atoms with E-state index in [4.69, 9.17) is 26.0 Å². The van der Waals surface area contributed by atoms with Gasteiger partial charge in [-0.1, -0.05) is 61.5 Å². The van der Waals surface area contributed by atoms with Gasteiger partial charge in [-0.2, -0.15) is 18.3 Å². The summed E-state index contributed by atoms with van der Waals surface area (Å²) in [4.78, 5) is 13.6. The van der Waals surface area contributed by atoms with Crippen LogP contribution in [0, 0.1) is 17.0 Å². The Balaban J connectivity index is 0.000000559. The quantitative estimate of drug-likeness (QED) is 0.135. The summed E-state index contributed by atoms with van der Waals surface area (Å²) in [6.07, 6.45) is -4.27. The molecule has 13 heteroatoms. The number of carboxylic acids is 1. The van der Waals surface area contributed by atoms with Crippen LogP contribution >= 0.6 is 0 Å². The van der Waals surface area contributed by atoms with Gasteiger partial charge in [0.2, 0.25) is 0 Å². The second-order valence-electron chi connectivity index (χ2n) is 8.49. The second kappa shape index (κ2) is 12.4.